The minimum atomic E-state index is -0.252. The Kier molecular flexibility index (Phi) is 14.1. The Bertz CT molecular complexity index is 416. The maximum Gasteiger partial charge on any atom is 0.243 e. The van der Waals surface area contributed by atoms with Crippen LogP contribution >= 0.6 is 24.0 Å². The van der Waals surface area contributed by atoms with Crippen molar-refractivity contribution in [3.63, 3.8) is 0 Å². The van der Waals surface area contributed by atoms with Crippen LogP contribution in [-0.2, 0) is 19.0 Å². The van der Waals surface area contributed by atoms with Gasteiger partial charge in [0.15, 0.2) is 5.96 Å². The molecule has 0 radical (unpaired) electrons. The first-order chi connectivity index (χ1) is 12.0. The predicted molar refractivity (Wildman–Crippen MR) is 113 cm³/mol. The molecule has 0 aromatic heterocycles. The fraction of sp³-hybridized carbons (Fsp3) is 0.882. The van der Waals surface area contributed by atoms with Crippen molar-refractivity contribution in [1.82, 2.24) is 15.5 Å². The highest BCUT2D eigenvalue weighted by molar-refractivity contribution is 14.0. The number of carbonyl (C=O) groups excluding carboxylic acids is 1. The lowest BCUT2D eigenvalue weighted by molar-refractivity contribution is -0.127. The van der Waals surface area contributed by atoms with Crippen molar-refractivity contribution in [2.75, 3.05) is 67.3 Å². The number of nitrogens with one attached hydrogen (secondary N) is 2. The summed E-state index contributed by atoms with van der Waals surface area (Å²) in [6.07, 6.45) is 2.55. The van der Waals surface area contributed by atoms with Crippen molar-refractivity contribution >= 4 is 35.8 Å². The van der Waals surface area contributed by atoms with Crippen molar-refractivity contribution < 1.29 is 19.0 Å². The fourth-order valence-corrected chi connectivity index (χ4v) is 2.43. The third-order valence-electron chi connectivity index (χ3n) is 4.25. The van der Waals surface area contributed by atoms with Crippen LogP contribution in [0.25, 0.3) is 0 Å². The lowest BCUT2D eigenvalue weighted by Gasteiger charge is -2.36. The molecule has 9 heteroatoms. The van der Waals surface area contributed by atoms with Gasteiger partial charge in [0.2, 0.25) is 5.91 Å². The first-order valence-electron chi connectivity index (χ1n) is 8.96. The average Bonchev–Trinajstić information content (AvgIpc) is 2.63. The molecule has 1 saturated heterocycles. The molecule has 0 saturated carbocycles. The Morgan fingerprint density at radius 3 is 2.54 bits per heavy atom. The van der Waals surface area contributed by atoms with Crippen LogP contribution in [-0.4, -0.2) is 89.6 Å². The summed E-state index contributed by atoms with van der Waals surface area (Å²) in [6, 6.07) is 0. The van der Waals surface area contributed by atoms with Gasteiger partial charge >= 0.3 is 0 Å². The van der Waals surface area contributed by atoms with Gasteiger partial charge in [-0.05, 0) is 13.3 Å². The predicted octanol–water partition coefficient (Wildman–Crippen LogP) is 0.850. The van der Waals surface area contributed by atoms with E-state index in [0.717, 1.165) is 32.4 Å². The van der Waals surface area contributed by atoms with E-state index in [9.17, 15) is 4.79 Å². The first kappa shape index (κ1) is 25.4. The molecule has 1 aliphatic heterocycles. The van der Waals surface area contributed by atoms with Crippen molar-refractivity contribution in [2.45, 2.75) is 31.8 Å². The van der Waals surface area contributed by atoms with Crippen LogP contribution in [0, 0.1) is 0 Å². The van der Waals surface area contributed by atoms with Gasteiger partial charge in [0, 0.05) is 73.6 Å². The van der Waals surface area contributed by atoms with Crippen LogP contribution in [0.1, 0.15) is 26.2 Å². The molecule has 0 bridgehead atoms. The largest absolute Gasteiger partial charge is 0.382 e. The van der Waals surface area contributed by atoms with Gasteiger partial charge in [-0.3, -0.25) is 4.79 Å². The number of rotatable bonds is 10. The van der Waals surface area contributed by atoms with Gasteiger partial charge in [0.25, 0.3) is 0 Å². The molecule has 0 unspecified atom stereocenters. The molecular weight excluding hydrogens is 451 g/mol. The number of ether oxygens (including phenoxy) is 3. The van der Waals surface area contributed by atoms with Crippen molar-refractivity contribution in [3.8, 4) is 0 Å². The summed E-state index contributed by atoms with van der Waals surface area (Å²) < 4.78 is 16.5. The highest BCUT2D eigenvalue weighted by atomic mass is 127. The van der Waals surface area contributed by atoms with E-state index in [0.29, 0.717) is 32.3 Å². The van der Waals surface area contributed by atoms with E-state index < -0.39 is 0 Å². The third-order valence-corrected chi connectivity index (χ3v) is 4.25. The van der Waals surface area contributed by atoms with Crippen LogP contribution < -0.4 is 10.6 Å². The molecule has 0 spiro atoms. The number of hydrogen-bond donors (Lipinski definition) is 2. The summed E-state index contributed by atoms with van der Waals surface area (Å²) in [6.45, 7) is 6.25. The molecule has 0 atom stereocenters. The van der Waals surface area contributed by atoms with Gasteiger partial charge in [-0.1, -0.05) is 0 Å². The summed E-state index contributed by atoms with van der Waals surface area (Å²) in [4.78, 5) is 17.7. The quantitative estimate of drug-likeness (QED) is 0.206. The molecule has 0 aromatic rings. The normalized spacial score (nSPS) is 16.5. The number of halogens is 1. The van der Waals surface area contributed by atoms with Gasteiger partial charge < -0.3 is 29.7 Å². The SMILES string of the molecule is CCOCCCNC(=NCC(=O)N(C)C)NCC1(OC)CCOCC1.I. The second kappa shape index (κ2) is 14.4. The zero-order valence-corrected chi connectivity index (χ0v) is 18.8. The molecular formula is C17H35IN4O4. The zero-order valence-electron chi connectivity index (χ0n) is 16.5. The Morgan fingerprint density at radius 2 is 1.96 bits per heavy atom. The van der Waals surface area contributed by atoms with E-state index >= 15 is 0 Å². The number of hydrogen-bond acceptors (Lipinski definition) is 5. The molecule has 1 rings (SSSR count). The molecule has 0 aromatic carbocycles. The van der Waals surface area contributed by atoms with E-state index in [2.05, 4.69) is 15.6 Å². The molecule has 1 heterocycles. The Balaban J connectivity index is 0.00000625. The average molecular weight is 486 g/mol. The van der Waals surface area contributed by atoms with Gasteiger partial charge in [-0.2, -0.15) is 0 Å². The second-order valence-corrected chi connectivity index (χ2v) is 6.28. The number of amides is 1. The van der Waals surface area contributed by atoms with E-state index in [1.54, 1.807) is 21.2 Å². The highest BCUT2D eigenvalue weighted by Crippen LogP contribution is 2.23. The molecule has 2 N–H and O–H groups in total. The van der Waals surface area contributed by atoms with Crippen LogP contribution in [0.15, 0.2) is 4.99 Å². The number of likely N-dealkylation sites (N-methyl/N-ethyl adjacent to an activating group) is 1. The Hall–Kier alpha value is -0.650. The van der Waals surface area contributed by atoms with Crippen molar-refractivity contribution in [1.29, 1.82) is 0 Å². The van der Waals surface area contributed by atoms with Crippen LogP contribution in [0.3, 0.4) is 0 Å². The number of methoxy groups -OCH3 is 1. The van der Waals surface area contributed by atoms with Gasteiger partial charge in [0.1, 0.15) is 6.54 Å². The molecule has 26 heavy (non-hydrogen) atoms. The monoisotopic (exact) mass is 486 g/mol. The van der Waals surface area contributed by atoms with Crippen LogP contribution in [0.2, 0.25) is 0 Å². The smallest absolute Gasteiger partial charge is 0.243 e. The maximum atomic E-state index is 11.8. The minimum absolute atomic E-state index is 0. The summed E-state index contributed by atoms with van der Waals surface area (Å²) in [5, 5.41) is 6.57. The van der Waals surface area contributed by atoms with Gasteiger partial charge in [0.05, 0.1) is 5.60 Å². The van der Waals surface area contributed by atoms with Gasteiger partial charge in [-0.15, -0.1) is 24.0 Å². The summed E-state index contributed by atoms with van der Waals surface area (Å²) in [7, 11) is 5.18. The molecule has 154 valence electrons. The number of aliphatic imine (C=N–C) groups is 1. The lowest BCUT2D eigenvalue weighted by atomic mass is 9.94. The van der Waals surface area contributed by atoms with Crippen molar-refractivity contribution in [3.05, 3.63) is 0 Å². The summed E-state index contributed by atoms with van der Waals surface area (Å²) in [5.41, 5.74) is -0.252. The molecule has 1 amide bonds. The second-order valence-electron chi connectivity index (χ2n) is 6.28. The van der Waals surface area contributed by atoms with Crippen molar-refractivity contribution in [2.24, 2.45) is 4.99 Å². The lowest BCUT2D eigenvalue weighted by Crippen LogP contribution is -2.51. The third kappa shape index (κ3) is 9.89. The number of guanidine groups is 1. The van der Waals surface area contributed by atoms with E-state index in [-0.39, 0.29) is 42.0 Å². The number of nitrogens with zero attached hydrogens (tertiary/aromatic N) is 2. The Labute approximate surface area is 174 Å². The summed E-state index contributed by atoms with van der Waals surface area (Å²) in [5.74, 6) is 0.581. The fourth-order valence-electron chi connectivity index (χ4n) is 2.43. The van der Waals surface area contributed by atoms with Crippen LogP contribution in [0.5, 0.6) is 0 Å². The molecule has 0 aliphatic carbocycles. The molecule has 1 fully saturated rings. The topological polar surface area (TPSA) is 84.4 Å². The summed E-state index contributed by atoms with van der Waals surface area (Å²) >= 11 is 0. The number of carbonyl (C=O) groups is 1. The zero-order chi connectivity index (χ0) is 18.5. The van der Waals surface area contributed by atoms with E-state index in [4.69, 9.17) is 14.2 Å². The Morgan fingerprint density at radius 1 is 1.27 bits per heavy atom. The van der Waals surface area contributed by atoms with E-state index in [1.165, 1.54) is 4.90 Å². The molecule has 1 aliphatic rings. The van der Waals surface area contributed by atoms with E-state index in [1.807, 2.05) is 6.92 Å². The first-order valence-corrected chi connectivity index (χ1v) is 8.96. The standard InChI is InChI=1S/C17H34N4O4.HI/c1-5-24-10-6-9-18-16(19-13-15(22)21(2)3)20-14-17(23-4)7-11-25-12-8-17;/h5-14H2,1-4H3,(H2,18,19,20);1H. The van der Waals surface area contributed by atoms with Gasteiger partial charge in [-0.25, -0.2) is 4.99 Å². The highest BCUT2D eigenvalue weighted by Gasteiger charge is 2.32. The molecule has 8 nitrogen and oxygen atoms in total. The van der Waals surface area contributed by atoms with Crippen LogP contribution in [0.4, 0.5) is 0 Å². The minimum Gasteiger partial charge on any atom is -0.382 e. The maximum absolute atomic E-state index is 11.8.